The zero-order valence-corrected chi connectivity index (χ0v) is 30.0. The van der Waals surface area contributed by atoms with Crippen molar-refractivity contribution in [2.24, 2.45) is 21.8 Å². The molecule has 0 aromatic heterocycles. The predicted molar refractivity (Wildman–Crippen MR) is 215 cm³/mol. The smallest absolute Gasteiger partial charge is 0.230 e. The summed E-state index contributed by atoms with van der Waals surface area (Å²) in [7, 11) is 0. The van der Waals surface area contributed by atoms with Gasteiger partial charge >= 0.3 is 0 Å². The number of fused-ring (bicyclic) bond motifs is 12. The fourth-order valence-corrected chi connectivity index (χ4v) is 11.5. The molecule has 0 radical (unpaired) electrons. The Morgan fingerprint density at radius 1 is 0.692 bits per heavy atom. The van der Waals surface area contributed by atoms with Gasteiger partial charge in [0.05, 0.1) is 22.9 Å². The van der Waals surface area contributed by atoms with Gasteiger partial charge in [0.15, 0.2) is 0 Å². The molecule has 5 aromatic rings. The molecular weight excluding hydrogens is 651 g/mol. The highest BCUT2D eigenvalue weighted by Crippen LogP contribution is 2.65. The number of rotatable bonds is 2. The van der Waals surface area contributed by atoms with Crippen LogP contribution in [0, 0.1) is 11.8 Å². The topological polar surface area (TPSA) is 28.0 Å². The van der Waals surface area contributed by atoms with Crippen molar-refractivity contribution >= 4 is 35.1 Å². The maximum absolute atomic E-state index is 5.72. The molecule has 4 heteroatoms. The first-order chi connectivity index (χ1) is 25.6. The van der Waals surface area contributed by atoms with Gasteiger partial charge in [0.25, 0.3) is 0 Å². The van der Waals surface area contributed by atoms with Gasteiger partial charge in [-0.1, -0.05) is 153 Å². The molecule has 0 fully saturated rings. The molecule has 0 spiro atoms. The van der Waals surface area contributed by atoms with Crippen LogP contribution in [0.1, 0.15) is 53.1 Å². The SMILES string of the molecule is CC1C=CC=C2C1C1=C(C3Sc4ccccc4C3(C)c3ccccc31)N2C1=NC2C=Cc3ccccc3C2C(c2ccc(-c3ccccc3)cc2)=N1. The van der Waals surface area contributed by atoms with E-state index in [1.54, 1.807) is 0 Å². The first-order valence-electron chi connectivity index (χ1n) is 18.5. The van der Waals surface area contributed by atoms with Crippen LogP contribution in [0.25, 0.3) is 22.8 Å². The van der Waals surface area contributed by atoms with Gasteiger partial charge in [0.2, 0.25) is 5.96 Å². The summed E-state index contributed by atoms with van der Waals surface area (Å²) >= 11 is 2.02. The Bertz CT molecular complexity index is 2500. The summed E-state index contributed by atoms with van der Waals surface area (Å²) in [6, 6.07) is 46.6. The number of hydrogen-bond acceptors (Lipinski definition) is 4. The van der Waals surface area contributed by atoms with Gasteiger partial charge < -0.3 is 0 Å². The summed E-state index contributed by atoms with van der Waals surface area (Å²) in [5.74, 6) is 1.39. The van der Waals surface area contributed by atoms with E-state index >= 15 is 0 Å². The molecule has 52 heavy (non-hydrogen) atoms. The minimum Gasteiger partial charge on any atom is -0.285 e. The van der Waals surface area contributed by atoms with Crippen LogP contribution < -0.4 is 0 Å². The lowest BCUT2D eigenvalue weighted by molar-refractivity contribution is 0.483. The van der Waals surface area contributed by atoms with E-state index in [1.165, 1.54) is 60.8 Å². The van der Waals surface area contributed by atoms with Gasteiger partial charge in [0, 0.05) is 27.6 Å². The van der Waals surface area contributed by atoms with E-state index in [1.807, 2.05) is 11.8 Å². The average Bonchev–Trinajstić information content (AvgIpc) is 3.71. The molecular formula is C48H37N3S. The molecule has 3 heterocycles. The standard InChI is InChI=1S/C48H37N3S/c1-29-13-12-21-39-41(29)43-35-18-8-9-19-36(35)48(2)37-20-10-11-22-40(37)52-46(48)45(43)51(39)47-49-38-28-27-32-16-6-7-17-34(32)42(38)44(50-47)33-25-23-31(24-26-33)30-14-4-3-5-15-30/h3-29,38,41-42,46H,1-2H3. The van der Waals surface area contributed by atoms with Gasteiger partial charge in [-0.25, -0.2) is 9.98 Å². The normalized spacial score (nSPS) is 27.3. The first-order valence-corrected chi connectivity index (χ1v) is 19.4. The van der Waals surface area contributed by atoms with Gasteiger partial charge in [0.1, 0.15) is 0 Å². The fraction of sp³-hybridized carbons (Fsp3) is 0.167. The highest BCUT2D eigenvalue weighted by atomic mass is 32.2. The second-order valence-electron chi connectivity index (χ2n) is 15.0. The van der Waals surface area contributed by atoms with Crippen molar-refractivity contribution in [1.82, 2.24) is 4.90 Å². The van der Waals surface area contributed by atoms with E-state index in [4.69, 9.17) is 9.98 Å². The highest BCUT2D eigenvalue weighted by Gasteiger charge is 2.58. The quantitative estimate of drug-likeness (QED) is 0.185. The molecule has 3 aliphatic heterocycles. The van der Waals surface area contributed by atoms with Gasteiger partial charge in [-0.2, -0.15) is 0 Å². The monoisotopic (exact) mass is 687 g/mol. The Kier molecular flexibility index (Phi) is 6.55. The molecule has 6 aliphatic rings. The number of allylic oxidation sites excluding steroid dienone is 4. The van der Waals surface area contributed by atoms with Crippen LogP contribution in [0.2, 0.25) is 0 Å². The van der Waals surface area contributed by atoms with Crippen LogP contribution in [0.4, 0.5) is 0 Å². The minimum absolute atomic E-state index is 0.0287. The molecule has 5 aromatic carbocycles. The third kappa shape index (κ3) is 4.16. The third-order valence-electron chi connectivity index (χ3n) is 12.3. The summed E-state index contributed by atoms with van der Waals surface area (Å²) in [4.78, 5) is 15.2. The van der Waals surface area contributed by atoms with E-state index in [2.05, 4.69) is 177 Å². The van der Waals surface area contributed by atoms with Crippen LogP contribution in [-0.2, 0) is 5.41 Å². The van der Waals surface area contributed by atoms with Crippen molar-refractivity contribution in [2.75, 3.05) is 0 Å². The lowest BCUT2D eigenvalue weighted by atomic mass is 9.65. The van der Waals surface area contributed by atoms with E-state index in [9.17, 15) is 0 Å². The summed E-state index contributed by atoms with van der Waals surface area (Å²) < 4.78 is 0. The number of nitrogens with zero attached hydrogens (tertiary/aromatic N) is 3. The Balaban J connectivity index is 1.13. The Morgan fingerprint density at radius 2 is 1.40 bits per heavy atom. The molecule has 0 saturated carbocycles. The van der Waals surface area contributed by atoms with Gasteiger partial charge in [-0.3, -0.25) is 4.90 Å². The Hall–Kier alpha value is -5.45. The number of aliphatic imine (C=N–C) groups is 2. The van der Waals surface area contributed by atoms with Crippen LogP contribution in [0.5, 0.6) is 0 Å². The molecule has 3 nitrogen and oxygen atoms in total. The molecule has 6 unspecified atom stereocenters. The van der Waals surface area contributed by atoms with Crippen LogP contribution in [0.3, 0.4) is 0 Å². The Morgan fingerprint density at radius 3 is 2.27 bits per heavy atom. The molecule has 0 saturated heterocycles. The van der Waals surface area contributed by atoms with E-state index in [0.717, 1.165) is 17.2 Å². The highest BCUT2D eigenvalue weighted by molar-refractivity contribution is 8.00. The maximum atomic E-state index is 5.72. The van der Waals surface area contributed by atoms with Crippen molar-refractivity contribution < 1.29 is 0 Å². The Labute approximate surface area is 309 Å². The van der Waals surface area contributed by atoms with Crippen LogP contribution in [-0.4, -0.2) is 27.9 Å². The third-order valence-corrected chi connectivity index (χ3v) is 13.8. The summed E-state index contributed by atoms with van der Waals surface area (Å²) in [6.45, 7) is 4.84. The summed E-state index contributed by atoms with van der Waals surface area (Å²) in [5, 5.41) is 0.181. The van der Waals surface area contributed by atoms with E-state index in [-0.39, 0.29) is 28.5 Å². The van der Waals surface area contributed by atoms with Crippen LogP contribution >= 0.6 is 11.8 Å². The molecule has 11 rings (SSSR count). The minimum atomic E-state index is -0.194. The number of thioether (sulfide) groups is 1. The van der Waals surface area contributed by atoms with Crippen molar-refractivity contribution in [3.63, 3.8) is 0 Å². The van der Waals surface area contributed by atoms with Crippen molar-refractivity contribution in [3.8, 4) is 11.1 Å². The molecule has 0 bridgehead atoms. The zero-order valence-electron chi connectivity index (χ0n) is 29.1. The zero-order chi connectivity index (χ0) is 34.6. The molecule has 0 N–H and O–H groups in total. The number of hydrogen-bond donors (Lipinski definition) is 0. The van der Waals surface area contributed by atoms with Crippen molar-refractivity contribution in [2.45, 2.75) is 41.4 Å². The number of benzene rings is 5. The fourth-order valence-electron chi connectivity index (χ4n) is 9.84. The van der Waals surface area contributed by atoms with Crippen LogP contribution in [0.15, 0.2) is 178 Å². The second kappa shape index (κ2) is 11.3. The maximum Gasteiger partial charge on any atom is 0.230 e. The molecule has 250 valence electrons. The van der Waals surface area contributed by atoms with Crippen molar-refractivity contribution in [1.29, 1.82) is 0 Å². The van der Waals surface area contributed by atoms with Crippen molar-refractivity contribution in [3.05, 3.63) is 196 Å². The largest absolute Gasteiger partial charge is 0.285 e. The van der Waals surface area contributed by atoms with Gasteiger partial charge in [-0.15, -0.1) is 11.8 Å². The summed E-state index contributed by atoms with van der Waals surface area (Å²) in [5.41, 5.74) is 15.3. The molecule has 3 aliphatic carbocycles. The lowest BCUT2D eigenvalue weighted by Gasteiger charge is -2.42. The lowest BCUT2D eigenvalue weighted by Crippen LogP contribution is -2.44. The second-order valence-corrected chi connectivity index (χ2v) is 16.2. The van der Waals surface area contributed by atoms with E-state index in [0.29, 0.717) is 5.92 Å². The number of guanidine groups is 1. The average molecular weight is 688 g/mol. The van der Waals surface area contributed by atoms with Gasteiger partial charge in [-0.05, 0) is 75.1 Å². The predicted octanol–water partition coefficient (Wildman–Crippen LogP) is 10.9. The summed E-state index contributed by atoms with van der Waals surface area (Å²) in [6.07, 6.45) is 11.5. The molecule has 0 amide bonds. The first kappa shape index (κ1) is 30.2. The van der Waals surface area contributed by atoms with E-state index < -0.39 is 0 Å². The molecule has 6 atom stereocenters.